The summed E-state index contributed by atoms with van der Waals surface area (Å²) in [5.74, 6) is 0.878. The Kier molecular flexibility index (Phi) is 20.6. The van der Waals surface area contributed by atoms with Crippen molar-refractivity contribution in [2.75, 3.05) is 52.4 Å². The summed E-state index contributed by atoms with van der Waals surface area (Å²) in [6, 6.07) is 22.3. The molecule has 2 aliphatic carbocycles. The van der Waals surface area contributed by atoms with E-state index in [1.165, 1.54) is 24.3 Å². The predicted molar refractivity (Wildman–Crippen MR) is 299 cm³/mol. The van der Waals surface area contributed by atoms with Gasteiger partial charge in [0.05, 0.1) is 33.1 Å². The van der Waals surface area contributed by atoms with Crippen LogP contribution in [-0.4, -0.2) is 115 Å². The maximum Gasteiger partial charge on any atom is 0.314 e. The molecule has 4 aromatic rings. The van der Waals surface area contributed by atoms with Crippen molar-refractivity contribution < 1.29 is 45.5 Å². The van der Waals surface area contributed by atoms with Crippen molar-refractivity contribution in [1.29, 1.82) is 10.5 Å². The predicted octanol–water partition coefficient (Wildman–Crippen LogP) is 7.05. The van der Waals surface area contributed by atoms with Gasteiger partial charge in [-0.3, -0.25) is 9.59 Å². The van der Waals surface area contributed by atoms with E-state index in [1.54, 1.807) is 46.2 Å². The molecule has 2 heterocycles. The van der Waals surface area contributed by atoms with Gasteiger partial charge in [-0.25, -0.2) is 35.9 Å². The molecule has 6 amide bonds. The van der Waals surface area contributed by atoms with Crippen molar-refractivity contribution in [3.63, 3.8) is 0 Å². The van der Waals surface area contributed by atoms with Gasteiger partial charge >= 0.3 is 12.1 Å². The molecule has 0 saturated carbocycles. The Morgan fingerprint density at radius 3 is 1.23 bits per heavy atom. The Hall–Kier alpha value is -6.66. The highest BCUT2D eigenvalue weighted by Crippen LogP contribution is 2.40. The smallest absolute Gasteiger partial charge is 0.314 e. The number of hydrogen-bond acceptors (Lipinski definition) is 12. The molecule has 24 heteroatoms. The number of nitrogens with zero attached hydrogens (tertiary/aromatic N) is 4. The van der Waals surface area contributed by atoms with Crippen molar-refractivity contribution in [3.05, 3.63) is 116 Å². The molecular formula is C56H66Cl2N10O10S2. The molecule has 2 atom stereocenters. The normalized spacial score (nSPS) is 17.4. The van der Waals surface area contributed by atoms with Crippen LogP contribution in [0, 0.1) is 22.7 Å². The quantitative estimate of drug-likeness (QED) is 0.0408. The van der Waals surface area contributed by atoms with Crippen LogP contribution in [0.5, 0.6) is 11.5 Å². The van der Waals surface area contributed by atoms with Crippen molar-refractivity contribution >= 4 is 67.1 Å². The first-order valence-corrected chi connectivity index (χ1v) is 30.8. The lowest BCUT2D eigenvalue weighted by atomic mass is 10.0. The zero-order valence-corrected chi connectivity index (χ0v) is 47.4. The topological polar surface area (TPSA) is 281 Å². The second-order valence-electron chi connectivity index (χ2n) is 20.3. The van der Waals surface area contributed by atoms with Gasteiger partial charge < -0.3 is 40.5 Å². The summed E-state index contributed by atoms with van der Waals surface area (Å²) in [6.45, 7) is 3.00. The molecule has 20 nitrogen and oxygen atoms in total. The van der Waals surface area contributed by atoms with Gasteiger partial charge in [0.2, 0.25) is 31.9 Å². The minimum absolute atomic E-state index is 0.0620. The number of piperidine rings is 2. The number of benzene rings is 4. The van der Waals surface area contributed by atoms with Crippen LogP contribution < -0.4 is 40.2 Å². The number of rotatable bonds is 23. The van der Waals surface area contributed by atoms with Gasteiger partial charge in [0.1, 0.15) is 23.7 Å². The van der Waals surface area contributed by atoms with Gasteiger partial charge in [0, 0.05) is 87.3 Å². The van der Waals surface area contributed by atoms with Crippen LogP contribution in [0.4, 0.5) is 9.59 Å². The summed E-state index contributed by atoms with van der Waals surface area (Å²) in [5, 5.41) is 30.9. The number of ether oxygens (including phenoxy) is 2. The van der Waals surface area contributed by atoms with Crippen LogP contribution in [-0.2, 0) is 42.5 Å². The highest BCUT2D eigenvalue weighted by atomic mass is 35.5. The maximum atomic E-state index is 13.2. The van der Waals surface area contributed by atoms with Gasteiger partial charge in [0.25, 0.3) is 0 Å². The van der Waals surface area contributed by atoms with E-state index in [0.717, 1.165) is 22.3 Å². The van der Waals surface area contributed by atoms with Crippen LogP contribution in [0.2, 0.25) is 10.0 Å². The number of unbranched alkanes of at least 4 members (excludes halogenated alkanes) is 1. The molecule has 0 radical (unpaired) electrons. The van der Waals surface area contributed by atoms with E-state index < -0.39 is 20.0 Å². The number of likely N-dealkylation sites (tertiary alicyclic amines) is 2. The van der Waals surface area contributed by atoms with Crippen LogP contribution in [0.1, 0.15) is 123 Å². The minimum atomic E-state index is -3.83. The number of carbonyl (C=O) groups is 4. The molecule has 8 rings (SSSR count). The third-order valence-electron chi connectivity index (χ3n) is 14.8. The van der Waals surface area contributed by atoms with Crippen LogP contribution in [0.3, 0.4) is 0 Å². The fraction of sp³-hybridized carbons (Fsp3) is 0.464. The number of nitriles is 2. The highest BCUT2D eigenvalue weighted by Gasteiger charge is 2.31. The summed E-state index contributed by atoms with van der Waals surface area (Å²) in [7, 11) is -7.65. The van der Waals surface area contributed by atoms with Crippen LogP contribution in [0.15, 0.2) is 82.6 Å². The summed E-state index contributed by atoms with van der Waals surface area (Å²) >= 11 is 12.5. The van der Waals surface area contributed by atoms with E-state index in [-0.39, 0.29) is 70.8 Å². The molecule has 2 fully saturated rings. The lowest BCUT2D eigenvalue weighted by molar-refractivity contribution is -0.133. The van der Waals surface area contributed by atoms with E-state index >= 15 is 0 Å². The third-order valence-corrected chi connectivity index (χ3v) is 18.3. The Morgan fingerprint density at radius 2 is 0.875 bits per heavy atom. The number of nitrogens with one attached hydrogen (secondary N) is 6. The van der Waals surface area contributed by atoms with Crippen LogP contribution in [0.25, 0.3) is 0 Å². The molecule has 0 aromatic heterocycles. The summed E-state index contributed by atoms with van der Waals surface area (Å²) in [5.41, 5.74) is 4.65. The first kappa shape index (κ1) is 59.5. The fourth-order valence-corrected chi connectivity index (χ4v) is 13.6. The molecule has 2 saturated heterocycles. The fourth-order valence-electron chi connectivity index (χ4n) is 10.5. The molecule has 0 spiro atoms. The second-order valence-corrected chi connectivity index (χ2v) is 24.6. The Labute approximate surface area is 477 Å². The van der Waals surface area contributed by atoms with E-state index in [0.29, 0.717) is 162 Å². The van der Waals surface area contributed by atoms with Gasteiger partial charge in [-0.05, 0) is 172 Å². The molecule has 80 heavy (non-hydrogen) atoms. The average Bonchev–Trinajstić information content (AvgIpc) is 4.09. The lowest BCUT2D eigenvalue weighted by Gasteiger charge is -2.32. The zero-order valence-electron chi connectivity index (χ0n) is 44.2. The number of sulfonamides is 2. The van der Waals surface area contributed by atoms with Gasteiger partial charge in [-0.1, -0.05) is 23.2 Å². The number of fused-ring (bicyclic) bond motifs is 2. The summed E-state index contributed by atoms with van der Waals surface area (Å²) in [4.78, 5) is 54.0. The largest absolute Gasteiger partial charge is 0.486 e. The van der Waals surface area contributed by atoms with Crippen molar-refractivity contribution in [1.82, 2.24) is 40.5 Å². The van der Waals surface area contributed by atoms with Crippen LogP contribution >= 0.6 is 23.2 Å². The first-order chi connectivity index (χ1) is 38.5. The monoisotopic (exact) mass is 1170 g/mol. The minimum Gasteiger partial charge on any atom is -0.486 e. The Bertz CT molecular complexity index is 2980. The molecule has 426 valence electrons. The number of hydrogen-bond donors (Lipinski definition) is 6. The van der Waals surface area contributed by atoms with E-state index in [4.69, 9.17) is 32.7 Å². The zero-order chi connectivity index (χ0) is 56.8. The number of amides is 6. The SMILES string of the molecule is N#Cc1cc(Cl)cc2c1CC[C@H]2Oc1ccc(S(=O)(=O)NC2CCN(C(=O)CCCNC(=O)NCCCCNC(=O)NCCCC(=O)N3CCC(NS(=O)(=O)c4ccc(O[C@@H]5CCc6c(C#N)cc(Cl)cc65)cc4)CC3)CC2)cc1. The van der Waals surface area contributed by atoms with E-state index in [2.05, 4.69) is 42.8 Å². The highest BCUT2D eigenvalue weighted by molar-refractivity contribution is 7.89. The Balaban J connectivity index is 0.606. The average molecular weight is 1170 g/mol. The third kappa shape index (κ3) is 16.0. The van der Waals surface area contributed by atoms with Crippen molar-refractivity contribution in [2.24, 2.45) is 0 Å². The van der Waals surface area contributed by atoms with Gasteiger partial charge in [-0.2, -0.15) is 10.5 Å². The molecular weight excluding hydrogens is 1110 g/mol. The molecule has 0 unspecified atom stereocenters. The summed E-state index contributed by atoms with van der Waals surface area (Å²) < 4.78 is 70.8. The number of halogens is 2. The standard InChI is InChI=1S/C56H66Cl2N10O10S2/c57-39-31-37(35-59)47-15-17-51(49(47)33-39)77-43-7-11-45(12-8-43)79(73,74)65-41-19-27-67(28-20-41)53(69)5-3-25-63-55(71)61-23-1-2-24-62-56(72)64-26-4-6-54(70)68-29-21-42(22-30-68)66-80(75,76)46-13-9-44(10-14-46)78-52-18-16-48-38(36-60)32-40(58)34-50(48)52/h7-14,31-34,41-42,51-52,65-66H,1-6,15-30H2,(H2,61,63,71)(H2,62,64,72)/t51-,52-/m1/s1. The van der Waals surface area contributed by atoms with Gasteiger partial charge in [0.15, 0.2) is 0 Å². The molecule has 0 bridgehead atoms. The molecule has 4 aliphatic rings. The summed E-state index contributed by atoms with van der Waals surface area (Å²) in [6.07, 6.45) is 6.58. The molecule has 2 aliphatic heterocycles. The first-order valence-electron chi connectivity index (χ1n) is 27.1. The number of carbonyl (C=O) groups excluding carboxylic acids is 4. The van der Waals surface area contributed by atoms with E-state index in [1.807, 2.05) is 12.1 Å². The Morgan fingerprint density at radius 1 is 0.525 bits per heavy atom. The van der Waals surface area contributed by atoms with Crippen molar-refractivity contribution in [2.45, 2.75) is 124 Å². The maximum absolute atomic E-state index is 13.2. The second kappa shape index (κ2) is 27.7. The number of urea groups is 2. The lowest BCUT2D eigenvalue weighted by Crippen LogP contribution is -2.46. The van der Waals surface area contributed by atoms with E-state index in [9.17, 15) is 46.5 Å². The van der Waals surface area contributed by atoms with Gasteiger partial charge in [-0.15, -0.1) is 0 Å². The molecule has 6 N–H and O–H groups in total. The molecule has 4 aromatic carbocycles. The van der Waals surface area contributed by atoms with Crippen molar-refractivity contribution in [3.8, 4) is 23.6 Å².